The SMILES string of the molecule is Cc1cc(S(=O)(=O)Nc2ccccc2N)ccc1Br. The second-order valence-electron chi connectivity index (χ2n) is 4.10. The first-order chi connectivity index (χ1) is 8.90. The van der Waals surface area contributed by atoms with Crippen LogP contribution in [0, 0.1) is 6.92 Å². The smallest absolute Gasteiger partial charge is 0.261 e. The molecule has 0 radical (unpaired) electrons. The van der Waals surface area contributed by atoms with Crippen LogP contribution in [0.4, 0.5) is 11.4 Å². The van der Waals surface area contributed by atoms with E-state index in [0.717, 1.165) is 10.0 Å². The molecule has 2 aromatic rings. The van der Waals surface area contributed by atoms with Gasteiger partial charge in [-0.25, -0.2) is 8.42 Å². The van der Waals surface area contributed by atoms with Crippen molar-refractivity contribution in [1.29, 1.82) is 0 Å². The Labute approximate surface area is 120 Å². The van der Waals surface area contributed by atoms with Gasteiger partial charge in [0.2, 0.25) is 0 Å². The van der Waals surface area contributed by atoms with Gasteiger partial charge >= 0.3 is 0 Å². The number of nitrogens with two attached hydrogens (primary N) is 1. The number of sulfonamides is 1. The minimum absolute atomic E-state index is 0.205. The second kappa shape index (κ2) is 5.22. The van der Waals surface area contributed by atoms with Gasteiger partial charge in [0.15, 0.2) is 0 Å². The second-order valence-corrected chi connectivity index (χ2v) is 6.64. The summed E-state index contributed by atoms with van der Waals surface area (Å²) in [6.45, 7) is 1.83. The van der Waals surface area contributed by atoms with Crippen LogP contribution in [-0.4, -0.2) is 8.42 Å². The number of halogens is 1. The highest BCUT2D eigenvalue weighted by Crippen LogP contribution is 2.24. The summed E-state index contributed by atoms with van der Waals surface area (Å²) in [5.74, 6) is 0. The summed E-state index contributed by atoms with van der Waals surface area (Å²) >= 11 is 3.34. The summed E-state index contributed by atoms with van der Waals surface area (Å²) in [4.78, 5) is 0.205. The fourth-order valence-corrected chi connectivity index (χ4v) is 3.00. The van der Waals surface area contributed by atoms with E-state index in [1.165, 1.54) is 0 Å². The molecule has 0 spiro atoms. The third kappa shape index (κ3) is 3.08. The Hall–Kier alpha value is -1.53. The molecule has 0 aromatic heterocycles. The van der Waals surface area contributed by atoms with E-state index in [0.29, 0.717) is 11.4 Å². The van der Waals surface area contributed by atoms with Gasteiger partial charge < -0.3 is 5.73 Å². The normalized spacial score (nSPS) is 11.3. The Morgan fingerprint density at radius 1 is 1.16 bits per heavy atom. The van der Waals surface area contributed by atoms with Gasteiger partial charge in [-0.1, -0.05) is 28.1 Å². The first-order valence-electron chi connectivity index (χ1n) is 5.53. The lowest BCUT2D eigenvalue weighted by Crippen LogP contribution is -2.14. The molecular formula is C13H13BrN2O2S. The minimum Gasteiger partial charge on any atom is -0.397 e. The van der Waals surface area contributed by atoms with Crippen molar-refractivity contribution in [3.8, 4) is 0 Å². The lowest BCUT2D eigenvalue weighted by molar-refractivity contribution is 0.601. The van der Waals surface area contributed by atoms with Crippen LogP contribution in [0.1, 0.15) is 5.56 Å². The molecule has 0 aliphatic carbocycles. The highest BCUT2D eigenvalue weighted by atomic mass is 79.9. The fourth-order valence-electron chi connectivity index (χ4n) is 1.58. The van der Waals surface area contributed by atoms with Crippen molar-refractivity contribution < 1.29 is 8.42 Å². The molecular weight excluding hydrogens is 328 g/mol. The van der Waals surface area contributed by atoms with Gasteiger partial charge in [0, 0.05) is 4.47 Å². The van der Waals surface area contributed by atoms with E-state index in [1.807, 2.05) is 6.92 Å². The molecule has 0 atom stereocenters. The van der Waals surface area contributed by atoms with Crippen molar-refractivity contribution in [1.82, 2.24) is 0 Å². The fraction of sp³-hybridized carbons (Fsp3) is 0.0769. The molecule has 0 bridgehead atoms. The lowest BCUT2D eigenvalue weighted by atomic mass is 10.2. The molecule has 6 heteroatoms. The van der Waals surface area contributed by atoms with E-state index in [2.05, 4.69) is 20.7 Å². The number of para-hydroxylation sites is 2. The molecule has 2 rings (SSSR count). The number of rotatable bonds is 3. The molecule has 0 unspecified atom stereocenters. The molecule has 4 nitrogen and oxygen atoms in total. The van der Waals surface area contributed by atoms with E-state index >= 15 is 0 Å². The molecule has 0 fully saturated rings. The van der Waals surface area contributed by atoms with E-state index in [4.69, 9.17) is 5.73 Å². The third-order valence-electron chi connectivity index (χ3n) is 2.64. The molecule has 0 saturated heterocycles. The Bertz CT molecular complexity index is 714. The molecule has 0 amide bonds. The van der Waals surface area contributed by atoms with E-state index in [-0.39, 0.29) is 4.90 Å². The van der Waals surface area contributed by atoms with Gasteiger partial charge in [-0.05, 0) is 42.8 Å². The van der Waals surface area contributed by atoms with Crippen molar-refractivity contribution in [2.24, 2.45) is 0 Å². The average Bonchev–Trinajstić information content (AvgIpc) is 2.35. The van der Waals surface area contributed by atoms with E-state index in [1.54, 1.807) is 42.5 Å². The number of nitrogens with one attached hydrogen (secondary N) is 1. The van der Waals surface area contributed by atoms with Crippen LogP contribution in [0.15, 0.2) is 51.8 Å². The minimum atomic E-state index is -3.63. The predicted octanol–water partition coefficient (Wildman–Crippen LogP) is 3.14. The highest BCUT2D eigenvalue weighted by Gasteiger charge is 2.15. The van der Waals surface area contributed by atoms with Gasteiger partial charge in [-0.15, -0.1) is 0 Å². The first-order valence-corrected chi connectivity index (χ1v) is 7.81. The zero-order valence-corrected chi connectivity index (χ0v) is 12.6. The Balaban J connectivity index is 2.38. The molecule has 0 aliphatic rings. The highest BCUT2D eigenvalue weighted by molar-refractivity contribution is 9.10. The standard InChI is InChI=1S/C13H13BrN2O2S/c1-9-8-10(6-7-11(9)14)19(17,18)16-13-5-3-2-4-12(13)15/h2-8,16H,15H2,1H3. The summed E-state index contributed by atoms with van der Waals surface area (Å²) in [7, 11) is -3.63. The molecule has 0 saturated carbocycles. The van der Waals surface area contributed by atoms with Crippen LogP contribution >= 0.6 is 15.9 Å². The third-order valence-corrected chi connectivity index (χ3v) is 4.90. The first kappa shape index (κ1) is 13.9. The lowest BCUT2D eigenvalue weighted by Gasteiger charge is -2.11. The van der Waals surface area contributed by atoms with Crippen molar-refractivity contribution in [3.05, 3.63) is 52.5 Å². The number of anilines is 2. The number of benzene rings is 2. The van der Waals surface area contributed by atoms with Crippen LogP contribution in [0.3, 0.4) is 0 Å². The number of hydrogen-bond donors (Lipinski definition) is 2. The van der Waals surface area contributed by atoms with Crippen LogP contribution in [0.25, 0.3) is 0 Å². The Morgan fingerprint density at radius 3 is 2.47 bits per heavy atom. The number of nitrogen functional groups attached to an aromatic ring is 1. The quantitative estimate of drug-likeness (QED) is 0.843. The maximum Gasteiger partial charge on any atom is 0.261 e. The van der Waals surface area contributed by atoms with Gasteiger partial charge in [-0.3, -0.25) is 4.72 Å². The van der Waals surface area contributed by atoms with Gasteiger partial charge in [0.1, 0.15) is 0 Å². The van der Waals surface area contributed by atoms with Gasteiger partial charge in [-0.2, -0.15) is 0 Å². The van der Waals surface area contributed by atoms with E-state index in [9.17, 15) is 8.42 Å². The average molecular weight is 341 g/mol. The van der Waals surface area contributed by atoms with Crippen molar-refractivity contribution >= 4 is 37.3 Å². The summed E-state index contributed by atoms with van der Waals surface area (Å²) in [5.41, 5.74) is 7.34. The molecule has 0 aliphatic heterocycles. The van der Waals surface area contributed by atoms with Crippen LogP contribution < -0.4 is 10.5 Å². The van der Waals surface area contributed by atoms with Crippen molar-refractivity contribution in [2.45, 2.75) is 11.8 Å². The zero-order valence-electron chi connectivity index (χ0n) is 10.2. The van der Waals surface area contributed by atoms with Crippen molar-refractivity contribution in [2.75, 3.05) is 10.5 Å². The van der Waals surface area contributed by atoms with Gasteiger partial charge in [0.25, 0.3) is 10.0 Å². The van der Waals surface area contributed by atoms with Crippen molar-refractivity contribution in [3.63, 3.8) is 0 Å². The largest absolute Gasteiger partial charge is 0.397 e. The maximum absolute atomic E-state index is 12.2. The monoisotopic (exact) mass is 340 g/mol. The zero-order chi connectivity index (χ0) is 14.0. The van der Waals surface area contributed by atoms with Crippen LogP contribution in [0.5, 0.6) is 0 Å². The van der Waals surface area contributed by atoms with Crippen LogP contribution in [-0.2, 0) is 10.0 Å². The molecule has 19 heavy (non-hydrogen) atoms. The topological polar surface area (TPSA) is 72.2 Å². The predicted molar refractivity (Wildman–Crippen MR) is 80.5 cm³/mol. The Morgan fingerprint density at radius 2 is 1.84 bits per heavy atom. The maximum atomic E-state index is 12.2. The summed E-state index contributed by atoms with van der Waals surface area (Å²) in [6, 6.07) is 11.6. The van der Waals surface area contributed by atoms with Crippen LogP contribution in [0.2, 0.25) is 0 Å². The Kier molecular flexibility index (Phi) is 3.82. The molecule has 2 aromatic carbocycles. The number of hydrogen-bond acceptors (Lipinski definition) is 3. The summed E-state index contributed by atoms with van der Waals surface area (Å²) in [6.07, 6.45) is 0. The summed E-state index contributed by atoms with van der Waals surface area (Å²) < 4.78 is 27.8. The molecule has 3 N–H and O–H groups in total. The molecule has 0 heterocycles. The van der Waals surface area contributed by atoms with E-state index < -0.39 is 10.0 Å². The summed E-state index contributed by atoms with van der Waals surface area (Å²) in [5, 5.41) is 0. The van der Waals surface area contributed by atoms with Gasteiger partial charge in [0.05, 0.1) is 16.3 Å². The number of aryl methyl sites for hydroxylation is 1. The molecule has 100 valence electrons.